The fourth-order valence-corrected chi connectivity index (χ4v) is 8.97. The number of hydrogen-bond donors (Lipinski definition) is 1. The number of aliphatic hydroxyl groups is 1. The highest BCUT2D eigenvalue weighted by Crippen LogP contribution is 2.21. The van der Waals surface area contributed by atoms with Crippen molar-refractivity contribution in [3.8, 4) is 0 Å². The van der Waals surface area contributed by atoms with E-state index >= 15 is 0 Å². The van der Waals surface area contributed by atoms with E-state index in [9.17, 15) is 14.7 Å². The maximum atomic E-state index is 12.4. The van der Waals surface area contributed by atoms with Crippen LogP contribution in [0.15, 0.2) is 0 Å². The van der Waals surface area contributed by atoms with Crippen LogP contribution < -0.4 is 0 Å². The Morgan fingerprint density at radius 1 is 0.413 bits per heavy atom. The van der Waals surface area contributed by atoms with Gasteiger partial charge in [0, 0.05) is 13.0 Å². The molecular weight excluding hydrogens is 779 g/mol. The largest absolute Gasteiger partial charge is 0.468 e. The predicted molar refractivity (Wildman–Crippen MR) is 276 cm³/mol. The molecule has 0 fully saturated rings. The molecule has 0 spiro atoms. The predicted octanol–water partition coefficient (Wildman–Crippen LogP) is 17.7. The Kier molecular flexibility index (Phi) is 57.8. The second kappa shape index (κ2) is 57.0. The van der Waals surface area contributed by atoms with Gasteiger partial charge in [-0.05, 0) is 89.3 Å². The molecule has 0 amide bonds. The summed E-state index contributed by atoms with van der Waals surface area (Å²) >= 11 is 0. The Balaban J connectivity index is 0. The number of esters is 1. The summed E-state index contributed by atoms with van der Waals surface area (Å²) in [7, 11) is 0. The number of aliphatic hydroxyl groups excluding tert-OH is 1. The molecule has 6 heteroatoms. The van der Waals surface area contributed by atoms with Gasteiger partial charge < -0.3 is 19.5 Å². The van der Waals surface area contributed by atoms with Crippen LogP contribution in [0, 0.1) is 11.8 Å². The van der Waals surface area contributed by atoms with E-state index in [1.165, 1.54) is 251 Å². The first-order chi connectivity index (χ1) is 31.0. The van der Waals surface area contributed by atoms with Gasteiger partial charge in [-0.3, -0.25) is 9.59 Å². The van der Waals surface area contributed by atoms with Crippen LogP contribution in [-0.4, -0.2) is 61.9 Å². The van der Waals surface area contributed by atoms with Crippen molar-refractivity contribution in [2.45, 2.75) is 304 Å². The van der Waals surface area contributed by atoms with Crippen LogP contribution in [0.5, 0.6) is 0 Å². The zero-order valence-electron chi connectivity index (χ0n) is 43.7. The van der Waals surface area contributed by atoms with E-state index in [0.717, 1.165) is 32.2 Å². The van der Waals surface area contributed by atoms with Crippen molar-refractivity contribution < 1.29 is 24.2 Å². The van der Waals surface area contributed by atoms with Crippen molar-refractivity contribution in [2.24, 2.45) is 11.8 Å². The zero-order chi connectivity index (χ0) is 46.4. The third-order valence-corrected chi connectivity index (χ3v) is 13.3. The summed E-state index contributed by atoms with van der Waals surface area (Å²) in [5.41, 5.74) is 0. The molecule has 63 heavy (non-hydrogen) atoms. The number of nitrogens with zero attached hydrogens (tertiary/aromatic N) is 1. The third-order valence-electron chi connectivity index (χ3n) is 13.3. The molecule has 378 valence electrons. The second-order valence-corrected chi connectivity index (χ2v) is 19.6. The molecule has 6 nitrogen and oxygen atoms in total. The number of carbonyl (C=O) groups excluding carboxylic acids is 2. The number of unbranched alkanes of at least 4 members (excludes halogenated alkanes) is 30. The number of carbonyl (C=O) groups is 2. The Morgan fingerprint density at radius 2 is 0.714 bits per heavy atom. The van der Waals surface area contributed by atoms with Crippen molar-refractivity contribution >= 4 is 12.4 Å². The molecule has 1 N–H and O–H groups in total. The van der Waals surface area contributed by atoms with Crippen molar-refractivity contribution in [1.29, 1.82) is 0 Å². The highest BCUT2D eigenvalue weighted by molar-refractivity contribution is 5.69. The van der Waals surface area contributed by atoms with Crippen molar-refractivity contribution in [3.05, 3.63) is 0 Å². The second-order valence-electron chi connectivity index (χ2n) is 19.6. The topological polar surface area (TPSA) is 76.1 Å². The molecule has 0 rings (SSSR count). The highest BCUT2D eigenvalue weighted by Gasteiger charge is 2.13. The van der Waals surface area contributed by atoms with Gasteiger partial charge in [0.2, 0.25) is 0 Å². The SMILES string of the molecule is CCCCCCCCC(CCCCCC)COC=O.CCCCCCCCCCN(CCCCO)CCCCCCCCCC(=O)OCC(CCCCCC)CCCCCCCC. The van der Waals surface area contributed by atoms with Gasteiger partial charge in [0.1, 0.15) is 0 Å². The standard InChI is InChI=1S/C40H81NO3.C17H34O2/c1-4-7-10-13-15-18-22-27-34-41(36-29-30-37-42)35-28-23-19-16-17-21-26-33-40(43)44-38-39(31-24-12-9-6-3)32-25-20-14-11-8-5-2;1-3-5-7-9-10-12-14-17(15-19-16-18)13-11-8-6-4-2/h39,42H,4-38H2,1-3H3;16-17H,3-15H2,1-2H3. The fraction of sp³-hybridized carbons (Fsp3) is 0.965. The smallest absolute Gasteiger partial charge is 0.305 e. The molecule has 0 aromatic carbocycles. The first-order valence-corrected chi connectivity index (χ1v) is 28.6. The summed E-state index contributed by atoms with van der Waals surface area (Å²) < 4.78 is 10.7. The Hall–Kier alpha value is -1.14. The molecule has 0 aliphatic rings. The molecule has 2 atom stereocenters. The monoisotopic (exact) mass is 894 g/mol. The fourth-order valence-electron chi connectivity index (χ4n) is 8.97. The lowest BCUT2D eigenvalue weighted by Crippen LogP contribution is -2.27. The summed E-state index contributed by atoms with van der Waals surface area (Å²) in [5.74, 6) is 1.19. The van der Waals surface area contributed by atoms with Gasteiger partial charge in [0.25, 0.3) is 6.47 Å². The van der Waals surface area contributed by atoms with Gasteiger partial charge >= 0.3 is 5.97 Å². The van der Waals surface area contributed by atoms with E-state index < -0.39 is 0 Å². The third kappa shape index (κ3) is 53.4. The minimum absolute atomic E-state index is 0.0317. The quantitative estimate of drug-likeness (QED) is 0.0372. The maximum Gasteiger partial charge on any atom is 0.305 e. The summed E-state index contributed by atoms with van der Waals surface area (Å²) in [4.78, 5) is 25.4. The van der Waals surface area contributed by atoms with Gasteiger partial charge in [-0.15, -0.1) is 0 Å². The molecule has 2 unspecified atom stereocenters. The van der Waals surface area contributed by atoms with Crippen LogP contribution in [0.2, 0.25) is 0 Å². The lowest BCUT2D eigenvalue weighted by molar-refractivity contribution is -0.145. The summed E-state index contributed by atoms with van der Waals surface area (Å²) in [6.07, 6.45) is 53.7. The van der Waals surface area contributed by atoms with Crippen LogP contribution in [0.3, 0.4) is 0 Å². The Labute approximate surface area is 395 Å². The lowest BCUT2D eigenvalue weighted by Gasteiger charge is -2.22. The van der Waals surface area contributed by atoms with Crippen molar-refractivity contribution in [1.82, 2.24) is 4.90 Å². The number of rotatable bonds is 52. The Morgan fingerprint density at radius 3 is 1.08 bits per heavy atom. The van der Waals surface area contributed by atoms with Crippen LogP contribution in [-0.2, 0) is 19.1 Å². The van der Waals surface area contributed by atoms with Crippen LogP contribution in [0.1, 0.15) is 304 Å². The lowest BCUT2D eigenvalue weighted by atomic mass is 9.95. The van der Waals surface area contributed by atoms with Crippen LogP contribution in [0.4, 0.5) is 0 Å². The van der Waals surface area contributed by atoms with E-state index in [1.54, 1.807) is 0 Å². The summed E-state index contributed by atoms with van der Waals surface area (Å²) in [5, 5.41) is 9.18. The number of hydrogen-bond acceptors (Lipinski definition) is 6. The van der Waals surface area contributed by atoms with Crippen molar-refractivity contribution in [2.75, 3.05) is 39.5 Å². The molecule has 0 aromatic rings. The molecule has 0 aromatic heterocycles. The number of ether oxygens (including phenoxy) is 2. The van der Waals surface area contributed by atoms with Gasteiger partial charge in [-0.25, -0.2) is 0 Å². The maximum absolute atomic E-state index is 12.4. The molecule has 0 aliphatic heterocycles. The van der Waals surface area contributed by atoms with E-state index in [2.05, 4.69) is 39.5 Å². The molecular formula is C57H115NO5. The molecule has 0 saturated carbocycles. The zero-order valence-corrected chi connectivity index (χ0v) is 43.7. The minimum Gasteiger partial charge on any atom is -0.468 e. The van der Waals surface area contributed by atoms with E-state index in [4.69, 9.17) is 9.47 Å². The van der Waals surface area contributed by atoms with Crippen LogP contribution >= 0.6 is 0 Å². The molecule has 0 aliphatic carbocycles. The summed E-state index contributed by atoms with van der Waals surface area (Å²) in [6, 6.07) is 0. The van der Waals surface area contributed by atoms with Gasteiger partial charge in [0.15, 0.2) is 0 Å². The summed E-state index contributed by atoms with van der Waals surface area (Å²) in [6.45, 7) is 17.1. The van der Waals surface area contributed by atoms with Gasteiger partial charge in [-0.1, -0.05) is 240 Å². The molecule has 0 saturated heterocycles. The minimum atomic E-state index is 0.0317. The molecule has 0 bridgehead atoms. The van der Waals surface area contributed by atoms with Crippen molar-refractivity contribution in [3.63, 3.8) is 0 Å². The first kappa shape index (κ1) is 63.9. The van der Waals surface area contributed by atoms with Gasteiger partial charge in [0.05, 0.1) is 13.2 Å². The molecule has 0 radical (unpaired) electrons. The highest BCUT2D eigenvalue weighted by atomic mass is 16.5. The van der Waals surface area contributed by atoms with Gasteiger partial charge in [-0.2, -0.15) is 0 Å². The molecule has 0 heterocycles. The Bertz CT molecular complexity index is 854. The average molecular weight is 895 g/mol. The first-order valence-electron chi connectivity index (χ1n) is 28.6. The normalized spacial score (nSPS) is 12.3. The average Bonchev–Trinajstić information content (AvgIpc) is 3.29. The van der Waals surface area contributed by atoms with E-state index in [-0.39, 0.29) is 5.97 Å². The van der Waals surface area contributed by atoms with Crippen LogP contribution in [0.25, 0.3) is 0 Å². The van der Waals surface area contributed by atoms with E-state index in [0.29, 0.717) is 44.5 Å². The van der Waals surface area contributed by atoms with E-state index in [1.807, 2.05) is 0 Å².